The normalized spacial score (nSPS) is 10.3. The zero-order chi connectivity index (χ0) is 20.2. The van der Waals surface area contributed by atoms with Crippen LogP contribution in [0.4, 0.5) is 0 Å². The van der Waals surface area contributed by atoms with Crippen LogP contribution in [0.2, 0.25) is 0 Å². The van der Waals surface area contributed by atoms with Gasteiger partial charge in [-0.15, -0.1) is 0 Å². The molecule has 1 N–H and O–H groups in total. The van der Waals surface area contributed by atoms with E-state index in [0.717, 1.165) is 11.1 Å². The summed E-state index contributed by atoms with van der Waals surface area (Å²) in [7, 11) is 1.54. The van der Waals surface area contributed by atoms with Gasteiger partial charge in [-0.3, -0.25) is 0 Å². The first-order chi connectivity index (χ1) is 14.2. The average Bonchev–Trinajstić information content (AvgIpc) is 2.79. The third kappa shape index (κ3) is 3.75. The maximum absolute atomic E-state index is 10.5. The molecule has 0 aliphatic heterocycles. The number of phenolic OH excluding ortho intramolecular Hbond substituents is 1. The molecule has 0 bridgehead atoms. The summed E-state index contributed by atoms with van der Waals surface area (Å²) in [5.41, 5.74) is 2.61. The zero-order valence-electron chi connectivity index (χ0n) is 15.6. The molecule has 0 aliphatic carbocycles. The Hall–Kier alpha value is -4.24. The monoisotopic (exact) mass is 380 g/mol. The SMILES string of the molecule is COc1ccc(-c2nc(-c3ccccc3)nc(-c3ccc(C#N)cc3)n2)c(O)c1. The van der Waals surface area contributed by atoms with Crippen molar-refractivity contribution in [1.82, 2.24) is 15.0 Å². The highest BCUT2D eigenvalue weighted by molar-refractivity contribution is 5.70. The van der Waals surface area contributed by atoms with Crippen LogP contribution >= 0.6 is 0 Å². The summed E-state index contributed by atoms with van der Waals surface area (Å²) in [5.74, 6) is 1.84. The molecule has 0 fully saturated rings. The highest BCUT2D eigenvalue weighted by Crippen LogP contribution is 2.32. The van der Waals surface area contributed by atoms with E-state index in [1.165, 1.54) is 13.2 Å². The van der Waals surface area contributed by atoms with Crippen molar-refractivity contribution in [2.75, 3.05) is 7.11 Å². The van der Waals surface area contributed by atoms with Gasteiger partial charge < -0.3 is 9.84 Å². The fourth-order valence-corrected chi connectivity index (χ4v) is 2.86. The molecule has 6 heteroatoms. The van der Waals surface area contributed by atoms with E-state index in [2.05, 4.69) is 21.0 Å². The van der Waals surface area contributed by atoms with Gasteiger partial charge in [0.15, 0.2) is 17.5 Å². The van der Waals surface area contributed by atoms with E-state index in [0.29, 0.717) is 34.3 Å². The second-order valence-electron chi connectivity index (χ2n) is 6.24. The third-order valence-corrected chi connectivity index (χ3v) is 4.39. The lowest BCUT2D eigenvalue weighted by Gasteiger charge is -2.10. The molecule has 1 aromatic heterocycles. The number of aromatic nitrogens is 3. The summed E-state index contributed by atoms with van der Waals surface area (Å²) in [6.45, 7) is 0. The van der Waals surface area contributed by atoms with Gasteiger partial charge in [0.25, 0.3) is 0 Å². The van der Waals surface area contributed by atoms with Crippen LogP contribution in [0.3, 0.4) is 0 Å². The van der Waals surface area contributed by atoms with Gasteiger partial charge >= 0.3 is 0 Å². The van der Waals surface area contributed by atoms with Crippen molar-refractivity contribution in [3.8, 4) is 51.7 Å². The van der Waals surface area contributed by atoms with Crippen molar-refractivity contribution in [1.29, 1.82) is 5.26 Å². The Morgan fingerprint density at radius 1 is 0.793 bits per heavy atom. The van der Waals surface area contributed by atoms with Gasteiger partial charge in [-0.1, -0.05) is 30.3 Å². The molecule has 0 radical (unpaired) electrons. The Labute approximate surface area is 167 Å². The minimum absolute atomic E-state index is 0.0142. The maximum atomic E-state index is 10.5. The second-order valence-corrected chi connectivity index (χ2v) is 6.24. The summed E-state index contributed by atoms with van der Waals surface area (Å²) in [6.07, 6.45) is 0. The molecule has 3 aromatic carbocycles. The fourth-order valence-electron chi connectivity index (χ4n) is 2.86. The Kier molecular flexibility index (Phi) is 4.87. The molecule has 0 unspecified atom stereocenters. The molecule has 4 rings (SSSR count). The minimum atomic E-state index is 0.0142. The van der Waals surface area contributed by atoms with Crippen molar-refractivity contribution in [3.05, 3.63) is 78.4 Å². The molecule has 0 saturated heterocycles. The first-order valence-electron chi connectivity index (χ1n) is 8.87. The lowest BCUT2D eigenvalue weighted by molar-refractivity contribution is 0.408. The lowest BCUT2D eigenvalue weighted by atomic mass is 10.1. The molecule has 29 heavy (non-hydrogen) atoms. The van der Waals surface area contributed by atoms with E-state index in [1.54, 1.807) is 36.4 Å². The largest absolute Gasteiger partial charge is 0.507 e. The van der Waals surface area contributed by atoms with E-state index >= 15 is 0 Å². The number of hydrogen-bond acceptors (Lipinski definition) is 6. The number of rotatable bonds is 4. The molecule has 4 aromatic rings. The van der Waals surface area contributed by atoms with Crippen LogP contribution in [0.5, 0.6) is 11.5 Å². The summed E-state index contributed by atoms with van der Waals surface area (Å²) in [6, 6.07) is 23.6. The van der Waals surface area contributed by atoms with Gasteiger partial charge in [-0.05, 0) is 36.4 Å². The standard InChI is InChI=1S/C23H16N4O2/c1-29-18-11-12-19(20(28)13-18)23-26-21(16-5-3-2-4-6-16)25-22(27-23)17-9-7-15(14-24)8-10-17/h2-13,28H,1H3. The zero-order valence-corrected chi connectivity index (χ0v) is 15.6. The molecule has 0 saturated carbocycles. The second kappa shape index (κ2) is 7.79. The number of phenols is 1. The smallest absolute Gasteiger partial charge is 0.167 e. The van der Waals surface area contributed by atoms with E-state index < -0.39 is 0 Å². The highest BCUT2D eigenvalue weighted by atomic mass is 16.5. The predicted octanol–water partition coefficient (Wildman–Crippen LogP) is 4.46. The third-order valence-electron chi connectivity index (χ3n) is 4.39. The molecule has 0 atom stereocenters. The summed E-state index contributed by atoms with van der Waals surface area (Å²) in [4.78, 5) is 13.7. The average molecular weight is 380 g/mol. The van der Waals surface area contributed by atoms with Crippen LogP contribution in [0.1, 0.15) is 5.56 Å². The van der Waals surface area contributed by atoms with Gasteiger partial charge in [0.2, 0.25) is 0 Å². The maximum Gasteiger partial charge on any atom is 0.167 e. The van der Waals surface area contributed by atoms with Crippen molar-refractivity contribution in [2.45, 2.75) is 0 Å². The first-order valence-corrected chi connectivity index (χ1v) is 8.87. The Bertz CT molecular complexity index is 1200. The Morgan fingerprint density at radius 3 is 2.00 bits per heavy atom. The number of benzene rings is 3. The lowest BCUT2D eigenvalue weighted by Crippen LogP contribution is -2.00. The van der Waals surface area contributed by atoms with Gasteiger partial charge in [-0.2, -0.15) is 5.26 Å². The number of nitriles is 1. The Balaban J connectivity index is 1.90. The van der Waals surface area contributed by atoms with Crippen LogP contribution < -0.4 is 4.74 Å². The van der Waals surface area contributed by atoms with E-state index in [-0.39, 0.29) is 5.75 Å². The minimum Gasteiger partial charge on any atom is -0.507 e. The molecule has 0 aliphatic rings. The van der Waals surface area contributed by atoms with E-state index in [1.807, 2.05) is 30.3 Å². The van der Waals surface area contributed by atoms with Crippen molar-refractivity contribution < 1.29 is 9.84 Å². The number of hydrogen-bond donors (Lipinski definition) is 1. The number of nitrogens with zero attached hydrogens (tertiary/aromatic N) is 4. The van der Waals surface area contributed by atoms with Crippen LogP contribution in [0.15, 0.2) is 72.8 Å². The van der Waals surface area contributed by atoms with E-state index in [4.69, 9.17) is 10.00 Å². The fraction of sp³-hybridized carbons (Fsp3) is 0.0435. The van der Waals surface area contributed by atoms with Gasteiger partial charge in [-0.25, -0.2) is 15.0 Å². The molecule has 0 amide bonds. The molecule has 0 spiro atoms. The number of methoxy groups -OCH3 is 1. The predicted molar refractivity (Wildman–Crippen MR) is 109 cm³/mol. The van der Waals surface area contributed by atoms with Gasteiger partial charge in [0, 0.05) is 17.2 Å². The molecular formula is C23H16N4O2. The van der Waals surface area contributed by atoms with Crippen molar-refractivity contribution in [2.24, 2.45) is 0 Å². The van der Waals surface area contributed by atoms with E-state index in [9.17, 15) is 5.11 Å². The first kappa shape index (κ1) is 18.1. The molecule has 6 nitrogen and oxygen atoms in total. The van der Waals surface area contributed by atoms with Crippen LogP contribution in [0, 0.1) is 11.3 Å². The number of ether oxygens (including phenoxy) is 1. The highest BCUT2D eigenvalue weighted by Gasteiger charge is 2.15. The van der Waals surface area contributed by atoms with Crippen LogP contribution in [-0.2, 0) is 0 Å². The molecule has 1 heterocycles. The van der Waals surface area contributed by atoms with Crippen LogP contribution in [-0.4, -0.2) is 27.2 Å². The Morgan fingerprint density at radius 2 is 1.41 bits per heavy atom. The molecular weight excluding hydrogens is 364 g/mol. The number of aromatic hydroxyl groups is 1. The van der Waals surface area contributed by atoms with Crippen molar-refractivity contribution >= 4 is 0 Å². The summed E-state index contributed by atoms with van der Waals surface area (Å²) >= 11 is 0. The summed E-state index contributed by atoms with van der Waals surface area (Å²) < 4.78 is 5.15. The molecule has 140 valence electrons. The van der Waals surface area contributed by atoms with Gasteiger partial charge in [0.1, 0.15) is 11.5 Å². The van der Waals surface area contributed by atoms with Gasteiger partial charge in [0.05, 0.1) is 24.3 Å². The van der Waals surface area contributed by atoms with Crippen LogP contribution in [0.25, 0.3) is 34.2 Å². The van der Waals surface area contributed by atoms with Crippen molar-refractivity contribution in [3.63, 3.8) is 0 Å². The quantitative estimate of drug-likeness (QED) is 0.562. The topological polar surface area (TPSA) is 91.9 Å². The summed E-state index contributed by atoms with van der Waals surface area (Å²) in [5, 5.41) is 19.5.